The number of amides is 2. The summed E-state index contributed by atoms with van der Waals surface area (Å²) in [6, 6.07) is 7.00. The first kappa shape index (κ1) is 16.8. The minimum atomic E-state index is -0.393. The minimum Gasteiger partial charge on any atom is -0.393 e. The number of carbonyl (C=O) groups is 2. The van der Waals surface area contributed by atoms with Crippen LogP contribution in [-0.4, -0.2) is 36.1 Å². The summed E-state index contributed by atoms with van der Waals surface area (Å²) in [6.07, 6.45) is 1.02. The van der Waals surface area contributed by atoms with E-state index < -0.39 is 6.10 Å². The number of halogens is 1. The molecule has 1 saturated heterocycles. The number of hydrogen-bond donors (Lipinski definition) is 2. The lowest BCUT2D eigenvalue weighted by Crippen LogP contribution is -2.34. The maximum absolute atomic E-state index is 12.1. The van der Waals surface area contributed by atoms with Crippen LogP contribution in [0.5, 0.6) is 0 Å². The van der Waals surface area contributed by atoms with Crippen LogP contribution in [0.1, 0.15) is 26.2 Å². The maximum atomic E-state index is 12.1. The van der Waals surface area contributed by atoms with Gasteiger partial charge in [0.25, 0.3) is 0 Å². The molecule has 1 aromatic carbocycles. The normalized spacial score (nSPS) is 19.3. The molecule has 0 bridgehead atoms. The van der Waals surface area contributed by atoms with Crippen LogP contribution in [0.25, 0.3) is 0 Å². The highest BCUT2D eigenvalue weighted by atomic mass is 35.5. The highest BCUT2D eigenvalue weighted by Crippen LogP contribution is 2.26. The Morgan fingerprint density at radius 3 is 2.77 bits per heavy atom. The van der Waals surface area contributed by atoms with Crippen molar-refractivity contribution in [3.05, 3.63) is 29.3 Å². The van der Waals surface area contributed by atoms with E-state index in [1.165, 1.54) is 0 Å². The van der Waals surface area contributed by atoms with Crippen LogP contribution in [-0.2, 0) is 9.59 Å². The Hall–Kier alpha value is -1.59. The van der Waals surface area contributed by atoms with Gasteiger partial charge in [0.05, 0.1) is 12.0 Å². The van der Waals surface area contributed by atoms with Crippen molar-refractivity contribution in [1.29, 1.82) is 0 Å². The second-order valence-electron chi connectivity index (χ2n) is 5.52. The molecule has 22 heavy (non-hydrogen) atoms. The summed E-state index contributed by atoms with van der Waals surface area (Å²) in [6.45, 7) is 2.70. The molecule has 0 aliphatic carbocycles. The lowest BCUT2D eigenvalue weighted by Gasteiger charge is -2.17. The molecule has 1 aromatic rings. The topological polar surface area (TPSA) is 69.6 Å². The molecule has 0 saturated carbocycles. The number of nitrogens with one attached hydrogen (secondary N) is 1. The van der Waals surface area contributed by atoms with Crippen molar-refractivity contribution < 1.29 is 14.7 Å². The standard InChI is InChI=1S/C16H21ClN2O3/c1-2-14(20)7-8-18-16(22)11-9-15(21)19(10-11)13-5-3-12(17)4-6-13/h3-6,11,14,20H,2,7-10H2,1H3,(H,18,22). The van der Waals surface area contributed by atoms with Crippen molar-refractivity contribution in [2.45, 2.75) is 32.3 Å². The van der Waals surface area contributed by atoms with Gasteiger partial charge in [-0.2, -0.15) is 0 Å². The maximum Gasteiger partial charge on any atom is 0.227 e. The average Bonchev–Trinajstić information content (AvgIpc) is 2.90. The highest BCUT2D eigenvalue weighted by Gasteiger charge is 2.34. The molecule has 1 aliphatic rings. The molecule has 6 heteroatoms. The van der Waals surface area contributed by atoms with E-state index in [2.05, 4.69) is 5.32 Å². The third kappa shape index (κ3) is 4.21. The molecule has 0 radical (unpaired) electrons. The zero-order valence-electron chi connectivity index (χ0n) is 12.6. The van der Waals surface area contributed by atoms with E-state index in [4.69, 9.17) is 11.6 Å². The molecule has 5 nitrogen and oxygen atoms in total. The summed E-state index contributed by atoms with van der Waals surface area (Å²) in [4.78, 5) is 25.8. The first-order valence-corrected chi connectivity index (χ1v) is 7.90. The van der Waals surface area contributed by atoms with Crippen molar-refractivity contribution in [3.8, 4) is 0 Å². The van der Waals surface area contributed by atoms with Crippen LogP contribution in [0, 0.1) is 5.92 Å². The van der Waals surface area contributed by atoms with E-state index in [0.717, 1.165) is 5.69 Å². The molecular formula is C16H21ClN2O3. The van der Waals surface area contributed by atoms with E-state index in [-0.39, 0.29) is 24.2 Å². The van der Waals surface area contributed by atoms with Crippen molar-refractivity contribution in [3.63, 3.8) is 0 Å². The Labute approximate surface area is 135 Å². The number of aliphatic hydroxyl groups excluding tert-OH is 1. The SMILES string of the molecule is CCC(O)CCNC(=O)C1CC(=O)N(c2ccc(Cl)cc2)C1. The summed E-state index contributed by atoms with van der Waals surface area (Å²) in [5, 5.41) is 12.9. The Bertz CT molecular complexity index is 533. The molecule has 1 fully saturated rings. The zero-order chi connectivity index (χ0) is 16.1. The van der Waals surface area contributed by atoms with Crippen molar-refractivity contribution in [2.75, 3.05) is 18.0 Å². The monoisotopic (exact) mass is 324 g/mol. The van der Waals surface area contributed by atoms with Gasteiger partial charge in [-0.3, -0.25) is 9.59 Å². The van der Waals surface area contributed by atoms with E-state index in [1.54, 1.807) is 29.2 Å². The van der Waals surface area contributed by atoms with Crippen LogP contribution in [0.2, 0.25) is 5.02 Å². The fraction of sp³-hybridized carbons (Fsp3) is 0.500. The van der Waals surface area contributed by atoms with Crippen LogP contribution < -0.4 is 10.2 Å². The summed E-state index contributed by atoms with van der Waals surface area (Å²) >= 11 is 5.84. The van der Waals surface area contributed by atoms with E-state index >= 15 is 0 Å². The highest BCUT2D eigenvalue weighted by molar-refractivity contribution is 6.30. The average molecular weight is 325 g/mol. The lowest BCUT2D eigenvalue weighted by atomic mass is 10.1. The van der Waals surface area contributed by atoms with Crippen molar-refractivity contribution >= 4 is 29.1 Å². The van der Waals surface area contributed by atoms with Gasteiger partial charge in [0.2, 0.25) is 11.8 Å². The van der Waals surface area contributed by atoms with Crippen LogP contribution in [0.3, 0.4) is 0 Å². The van der Waals surface area contributed by atoms with E-state index in [0.29, 0.717) is 31.0 Å². The van der Waals surface area contributed by atoms with Gasteiger partial charge >= 0.3 is 0 Å². The molecule has 2 N–H and O–H groups in total. The lowest BCUT2D eigenvalue weighted by molar-refractivity contribution is -0.126. The van der Waals surface area contributed by atoms with Crippen molar-refractivity contribution in [1.82, 2.24) is 5.32 Å². The van der Waals surface area contributed by atoms with Gasteiger partial charge < -0.3 is 15.3 Å². The number of nitrogens with zero attached hydrogens (tertiary/aromatic N) is 1. The predicted molar refractivity (Wildman–Crippen MR) is 85.8 cm³/mol. The third-order valence-electron chi connectivity index (χ3n) is 3.88. The first-order chi connectivity index (χ1) is 10.5. The Kier molecular flexibility index (Phi) is 5.80. The summed E-state index contributed by atoms with van der Waals surface area (Å²) in [5.74, 6) is -0.536. The molecule has 1 aliphatic heterocycles. The molecule has 2 amide bonds. The van der Waals surface area contributed by atoms with Crippen molar-refractivity contribution in [2.24, 2.45) is 5.92 Å². The summed E-state index contributed by atoms with van der Waals surface area (Å²) < 4.78 is 0. The van der Waals surface area contributed by atoms with Crippen LogP contribution in [0.15, 0.2) is 24.3 Å². The molecular weight excluding hydrogens is 304 g/mol. The van der Waals surface area contributed by atoms with Gasteiger partial charge in [0.15, 0.2) is 0 Å². The molecule has 2 unspecified atom stereocenters. The predicted octanol–water partition coefficient (Wildman–Crippen LogP) is 1.97. The summed E-state index contributed by atoms with van der Waals surface area (Å²) in [5.41, 5.74) is 0.756. The van der Waals surface area contributed by atoms with Gasteiger partial charge in [-0.1, -0.05) is 18.5 Å². The second kappa shape index (κ2) is 7.61. The van der Waals surface area contributed by atoms with Gasteiger partial charge in [-0.15, -0.1) is 0 Å². The molecule has 2 rings (SSSR count). The number of rotatable bonds is 6. The Morgan fingerprint density at radius 2 is 2.14 bits per heavy atom. The fourth-order valence-electron chi connectivity index (χ4n) is 2.46. The fourth-order valence-corrected chi connectivity index (χ4v) is 2.59. The zero-order valence-corrected chi connectivity index (χ0v) is 13.3. The quantitative estimate of drug-likeness (QED) is 0.840. The second-order valence-corrected chi connectivity index (χ2v) is 5.96. The number of aliphatic hydroxyl groups is 1. The molecule has 0 aromatic heterocycles. The van der Waals surface area contributed by atoms with Gasteiger partial charge in [0, 0.05) is 30.2 Å². The smallest absolute Gasteiger partial charge is 0.227 e. The number of benzene rings is 1. The van der Waals surface area contributed by atoms with Gasteiger partial charge in [-0.05, 0) is 37.1 Å². The van der Waals surface area contributed by atoms with E-state index in [1.807, 2.05) is 6.92 Å². The molecule has 120 valence electrons. The van der Waals surface area contributed by atoms with Crippen LogP contribution in [0.4, 0.5) is 5.69 Å². The van der Waals surface area contributed by atoms with Crippen LogP contribution >= 0.6 is 11.6 Å². The number of hydrogen-bond acceptors (Lipinski definition) is 3. The Balaban J connectivity index is 1.88. The van der Waals surface area contributed by atoms with Gasteiger partial charge in [-0.25, -0.2) is 0 Å². The first-order valence-electron chi connectivity index (χ1n) is 7.53. The summed E-state index contributed by atoms with van der Waals surface area (Å²) in [7, 11) is 0. The Morgan fingerprint density at radius 1 is 1.45 bits per heavy atom. The minimum absolute atomic E-state index is 0.0592. The number of anilines is 1. The van der Waals surface area contributed by atoms with E-state index in [9.17, 15) is 14.7 Å². The molecule has 2 atom stereocenters. The number of carbonyl (C=O) groups excluding carboxylic acids is 2. The molecule has 0 spiro atoms. The largest absolute Gasteiger partial charge is 0.393 e. The van der Waals surface area contributed by atoms with Gasteiger partial charge in [0.1, 0.15) is 0 Å². The molecule has 1 heterocycles. The third-order valence-corrected chi connectivity index (χ3v) is 4.13.